The maximum absolute atomic E-state index is 12.2. The third-order valence-corrected chi connectivity index (χ3v) is 4.20. The van der Waals surface area contributed by atoms with E-state index >= 15 is 0 Å². The zero-order valence-electron chi connectivity index (χ0n) is 16.7. The van der Waals surface area contributed by atoms with E-state index in [2.05, 4.69) is 5.32 Å². The number of carbonyl (C=O) groups is 3. The number of ether oxygens (including phenoxy) is 2. The molecule has 1 aromatic carbocycles. The minimum Gasteiger partial charge on any atom is -0.455 e. The predicted octanol–water partition coefficient (Wildman–Crippen LogP) is 2.72. The van der Waals surface area contributed by atoms with Crippen LogP contribution in [0.1, 0.15) is 33.6 Å². The normalized spacial score (nSPS) is 14.8. The van der Waals surface area contributed by atoms with Gasteiger partial charge in [0.05, 0.1) is 10.8 Å². The van der Waals surface area contributed by atoms with Crippen molar-refractivity contribution in [3.05, 3.63) is 34.4 Å². The molecule has 0 bridgehead atoms. The molecule has 158 valence electrons. The van der Waals surface area contributed by atoms with Crippen molar-refractivity contribution >= 4 is 29.3 Å². The van der Waals surface area contributed by atoms with Gasteiger partial charge in [-0.15, -0.1) is 0 Å². The zero-order chi connectivity index (χ0) is 21.6. The summed E-state index contributed by atoms with van der Waals surface area (Å²) in [6.45, 7) is 5.52. The van der Waals surface area contributed by atoms with E-state index in [0.717, 1.165) is 0 Å². The number of carbonyl (C=O) groups excluding carboxylic acids is 3. The molecule has 0 spiro atoms. The number of para-hydroxylation sites is 2. The lowest BCUT2D eigenvalue weighted by atomic mass is 9.97. The molecule has 0 radical (unpaired) electrons. The van der Waals surface area contributed by atoms with Gasteiger partial charge in [-0.2, -0.15) is 0 Å². The Kier molecular flexibility index (Phi) is 7.13. The Bertz CT molecular complexity index is 780. The second kappa shape index (κ2) is 9.35. The molecule has 1 aliphatic rings. The second-order valence-corrected chi connectivity index (χ2v) is 7.67. The van der Waals surface area contributed by atoms with Gasteiger partial charge in [0.15, 0.2) is 6.61 Å². The summed E-state index contributed by atoms with van der Waals surface area (Å²) >= 11 is 0. The van der Waals surface area contributed by atoms with Gasteiger partial charge < -0.3 is 19.7 Å². The van der Waals surface area contributed by atoms with Gasteiger partial charge in [0.1, 0.15) is 11.3 Å². The van der Waals surface area contributed by atoms with Crippen LogP contribution in [0.4, 0.5) is 16.2 Å². The number of nitro groups is 1. The molecule has 29 heavy (non-hydrogen) atoms. The van der Waals surface area contributed by atoms with Gasteiger partial charge in [0.25, 0.3) is 11.6 Å². The summed E-state index contributed by atoms with van der Waals surface area (Å²) in [5.41, 5.74) is -0.806. The second-order valence-electron chi connectivity index (χ2n) is 7.67. The van der Waals surface area contributed by atoms with E-state index in [1.807, 2.05) is 0 Å². The number of esters is 1. The molecule has 2 amide bonds. The lowest BCUT2D eigenvalue weighted by molar-refractivity contribution is -0.383. The Balaban J connectivity index is 1.78. The molecule has 1 N–H and O–H groups in total. The number of likely N-dealkylation sites (tertiary alicyclic amines) is 1. The summed E-state index contributed by atoms with van der Waals surface area (Å²) in [5.74, 6) is -1.63. The summed E-state index contributed by atoms with van der Waals surface area (Å²) in [7, 11) is 0. The maximum Gasteiger partial charge on any atom is 0.410 e. The summed E-state index contributed by atoms with van der Waals surface area (Å²) in [6, 6.07) is 5.69. The average molecular weight is 407 g/mol. The van der Waals surface area contributed by atoms with E-state index < -0.39 is 41.0 Å². The molecule has 10 heteroatoms. The lowest BCUT2D eigenvalue weighted by Gasteiger charge is -2.32. The molecular formula is C19H25N3O7. The fourth-order valence-electron chi connectivity index (χ4n) is 2.80. The minimum atomic E-state index is -0.668. The molecule has 0 unspecified atom stereocenters. The quantitative estimate of drug-likeness (QED) is 0.451. The SMILES string of the molecule is CC(C)(C)OC(=O)N1CCC(C(=O)OCC(=O)Nc2ccccc2[N+](=O)[O-])CC1. The Labute approximate surface area is 168 Å². The summed E-state index contributed by atoms with van der Waals surface area (Å²) in [5, 5.41) is 13.3. The van der Waals surface area contributed by atoms with Crippen molar-refractivity contribution in [1.82, 2.24) is 4.90 Å². The van der Waals surface area contributed by atoms with Gasteiger partial charge in [-0.1, -0.05) is 12.1 Å². The fourth-order valence-corrected chi connectivity index (χ4v) is 2.80. The molecule has 10 nitrogen and oxygen atoms in total. The number of nitrogens with one attached hydrogen (secondary N) is 1. The van der Waals surface area contributed by atoms with Crippen LogP contribution in [0.2, 0.25) is 0 Å². The lowest BCUT2D eigenvalue weighted by Crippen LogP contribution is -2.43. The summed E-state index contributed by atoms with van der Waals surface area (Å²) in [6.07, 6.45) is 0.390. The number of hydrogen-bond acceptors (Lipinski definition) is 7. The summed E-state index contributed by atoms with van der Waals surface area (Å²) in [4.78, 5) is 48.1. The molecule has 1 aliphatic heterocycles. The van der Waals surface area contributed by atoms with E-state index in [-0.39, 0.29) is 11.4 Å². The number of piperidine rings is 1. The van der Waals surface area contributed by atoms with Crippen LogP contribution in [0.5, 0.6) is 0 Å². The van der Waals surface area contributed by atoms with Crippen LogP contribution in [0.3, 0.4) is 0 Å². The molecule has 0 atom stereocenters. The van der Waals surface area contributed by atoms with Crippen molar-refractivity contribution in [3.63, 3.8) is 0 Å². The van der Waals surface area contributed by atoms with Gasteiger partial charge in [0, 0.05) is 19.2 Å². The average Bonchev–Trinajstić information content (AvgIpc) is 2.65. The van der Waals surface area contributed by atoms with E-state index in [0.29, 0.717) is 25.9 Å². The van der Waals surface area contributed by atoms with Crippen molar-refractivity contribution in [2.75, 3.05) is 25.0 Å². The molecule has 1 heterocycles. The standard InChI is InChI=1S/C19H25N3O7/c1-19(2,3)29-18(25)21-10-8-13(9-11-21)17(24)28-12-16(23)20-14-6-4-5-7-15(14)22(26)27/h4-7,13H,8-12H2,1-3H3,(H,20,23). The Hall–Kier alpha value is -3.17. The molecule has 1 aromatic rings. The molecule has 0 saturated carbocycles. The van der Waals surface area contributed by atoms with E-state index in [1.54, 1.807) is 26.8 Å². The fraction of sp³-hybridized carbons (Fsp3) is 0.526. The van der Waals surface area contributed by atoms with Crippen LogP contribution in [0, 0.1) is 16.0 Å². The van der Waals surface area contributed by atoms with Crippen LogP contribution in [-0.2, 0) is 19.1 Å². The van der Waals surface area contributed by atoms with Gasteiger partial charge in [-0.3, -0.25) is 19.7 Å². The van der Waals surface area contributed by atoms with E-state index in [1.165, 1.54) is 23.1 Å². The highest BCUT2D eigenvalue weighted by molar-refractivity contribution is 5.94. The van der Waals surface area contributed by atoms with Crippen molar-refractivity contribution in [1.29, 1.82) is 0 Å². The highest BCUT2D eigenvalue weighted by Crippen LogP contribution is 2.23. The first-order valence-electron chi connectivity index (χ1n) is 9.24. The first-order valence-corrected chi connectivity index (χ1v) is 9.24. The first-order chi connectivity index (χ1) is 13.6. The number of benzene rings is 1. The highest BCUT2D eigenvalue weighted by Gasteiger charge is 2.31. The number of rotatable bonds is 5. The van der Waals surface area contributed by atoms with E-state index in [9.17, 15) is 24.5 Å². The minimum absolute atomic E-state index is 0.0317. The third-order valence-electron chi connectivity index (χ3n) is 4.20. The summed E-state index contributed by atoms with van der Waals surface area (Å²) < 4.78 is 10.3. The number of nitro benzene ring substituents is 1. The number of hydrogen-bond donors (Lipinski definition) is 1. The van der Waals surface area contributed by atoms with E-state index in [4.69, 9.17) is 9.47 Å². The Morgan fingerprint density at radius 3 is 2.41 bits per heavy atom. The molecule has 1 fully saturated rings. The van der Waals surface area contributed by atoms with Crippen LogP contribution < -0.4 is 5.32 Å². The number of anilines is 1. The van der Waals surface area contributed by atoms with Crippen molar-refractivity contribution in [3.8, 4) is 0 Å². The molecular weight excluding hydrogens is 382 g/mol. The van der Waals surface area contributed by atoms with Crippen LogP contribution >= 0.6 is 0 Å². The monoisotopic (exact) mass is 407 g/mol. The van der Waals surface area contributed by atoms with Crippen molar-refractivity contribution in [2.45, 2.75) is 39.2 Å². The Morgan fingerprint density at radius 2 is 1.83 bits per heavy atom. The van der Waals surface area contributed by atoms with Gasteiger partial charge in [-0.05, 0) is 39.7 Å². The molecule has 1 saturated heterocycles. The van der Waals surface area contributed by atoms with Gasteiger partial charge in [-0.25, -0.2) is 4.79 Å². The molecule has 2 rings (SSSR count). The molecule has 0 aliphatic carbocycles. The van der Waals surface area contributed by atoms with Crippen molar-refractivity contribution in [2.24, 2.45) is 5.92 Å². The number of amides is 2. The third kappa shape index (κ3) is 6.74. The molecule has 0 aromatic heterocycles. The Morgan fingerprint density at radius 1 is 1.21 bits per heavy atom. The van der Waals surface area contributed by atoms with Crippen molar-refractivity contribution < 1.29 is 28.8 Å². The number of nitrogens with zero attached hydrogens (tertiary/aromatic N) is 2. The first kappa shape index (κ1) is 22.1. The van der Waals surface area contributed by atoms with Crippen LogP contribution in [-0.4, -0.2) is 53.1 Å². The maximum atomic E-state index is 12.2. The highest BCUT2D eigenvalue weighted by atomic mass is 16.6. The van der Waals surface area contributed by atoms with Crippen LogP contribution in [0.15, 0.2) is 24.3 Å². The smallest absolute Gasteiger partial charge is 0.410 e. The predicted molar refractivity (Wildman–Crippen MR) is 103 cm³/mol. The zero-order valence-corrected chi connectivity index (χ0v) is 16.7. The van der Waals surface area contributed by atoms with Gasteiger partial charge in [0.2, 0.25) is 0 Å². The van der Waals surface area contributed by atoms with Crippen LogP contribution in [0.25, 0.3) is 0 Å². The van der Waals surface area contributed by atoms with Gasteiger partial charge >= 0.3 is 12.1 Å². The topological polar surface area (TPSA) is 128 Å². The largest absolute Gasteiger partial charge is 0.455 e.